The predicted molar refractivity (Wildman–Crippen MR) is 370 cm³/mol. The fourth-order valence-corrected chi connectivity index (χ4v) is 10.0. The number of carbonyl (C=O) groups excluding carboxylic acids is 3. The maximum absolute atomic E-state index is 12.9. The lowest BCUT2D eigenvalue weighted by Crippen LogP contribution is -2.44. The van der Waals surface area contributed by atoms with E-state index in [1.54, 1.807) is 0 Å². The molecule has 0 fully saturated rings. The molecule has 0 N–H and O–H groups in total. The molecule has 0 aliphatic heterocycles. The van der Waals surface area contributed by atoms with Crippen LogP contribution in [-0.4, -0.2) is 82.3 Å². The summed E-state index contributed by atoms with van der Waals surface area (Å²) in [5, 5.41) is 11.8. The summed E-state index contributed by atoms with van der Waals surface area (Å²) in [6, 6.07) is 0. The molecule has 2 unspecified atom stereocenters. The van der Waals surface area contributed by atoms with Crippen molar-refractivity contribution >= 4 is 17.9 Å². The lowest BCUT2D eigenvalue weighted by atomic mass is 10.0. The maximum Gasteiger partial charge on any atom is 0.306 e. The first-order valence-corrected chi connectivity index (χ1v) is 36.0. The normalized spacial score (nSPS) is 13.3. The topological polar surface area (TPSA) is 111 Å². The van der Waals surface area contributed by atoms with Gasteiger partial charge in [-0.1, -0.05) is 303 Å². The first-order chi connectivity index (χ1) is 42.6. The van der Waals surface area contributed by atoms with E-state index < -0.39 is 24.3 Å². The molecule has 0 saturated heterocycles. The van der Waals surface area contributed by atoms with Crippen molar-refractivity contribution in [2.24, 2.45) is 0 Å². The molecule has 0 bridgehead atoms. The Hall–Kier alpha value is -4.05. The fraction of sp³-hybridized carbons (Fsp3) is 0.731. The number of allylic oxidation sites excluding steroid dienone is 18. The number of hydrogen-bond acceptors (Lipinski definition) is 8. The van der Waals surface area contributed by atoms with Crippen molar-refractivity contribution < 1.29 is 42.9 Å². The molecule has 0 aromatic heterocycles. The first-order valence-electron chi connectivity index (χ1n) is 36.0. The number of quaternary nitrogens is 1. The van der Waals surface area contributed by atoms with Crippen molar-refractivity contribution in [2.75, 3.05) is 47.5 Å². The quantitative estimate of drug-likeness (QED) is 0.0195. The number of carboxylic acids is 1. The molecule has 0 amide bonds. The standard InChI is InChI=1S/C78H135NO8/c1-6-8-10-12-14-16-18-20-22-24-26-28-30-32-34-36-37-38-39-41-42-44-46-48-50-52-54-56-58-60-62-64-66-68-75(80)85-72-74(73-86-78(77(82)83)84-71-70-79(3,4)5)87-76(81)69-67-65-63-61-59-57-55-53-51-49-47-45-43-40-35-33-31-29-27-25-23-21-19-17-15-13-11-9-7-2/h9,11,15,17-18,20-21,23-24,26-27,29-30,32-33,35,43,45,74,78H,6-8,10,12-14,16,19,22,25,28,31,34,36-42,44,46-73H2,1-5H3/b11-9-,17-15-,20-18-,23-21-,26-24-,29-27-,32-30-,35-33-,45-43-. The smallest absolute Gasteiger partial charge is 0.306 e. The van der Waals surface area contributed by atoms with Crippen molar-refractivity contribution in [2.45, 2.75) is 322 Å². The summed E-state index contributed by atoms with van der Waals surface area (Å²) in [6.45, 7) is 4.64. The van der Waals surface area contributed by atoms with Crippen LogP contribution in [0.3, 0.4) is 0 Å². The van der Waals surface area contributed by atoms with Gasteiger partial charge in [-0.15, -0.1) is 0 Å². The zero-order valence-electron chi connectivity index (χ0n) is 57.1. The highest BCUT2D eigenvalue weighted by molar-refractivity contribution is 5.70. The molecule has 9 nitrogen and oxygen atoms in total. The predicted octanol–water partition coefficient (Wildman–Crippen LogP) is 21.2. The number of aliphatic carboxylic acids is 1. The number of unbranched alkanes of at least 4 members (excludes halogenated alkanes) is 33. The van der Waals surface area contributed by atoms with Crippen LogP contribution in [0.15, 0.2) is 109 Å². The summed E-state index contributed by atoms with van der Waals surface area (Å²) < 4.78 is 22.8. The van der Waals surface area contributed by atoms with Gasteiger partial charge in [0.05, 0.1) is 40.3 Å². The van der Waals surface area contributed by atoms with E-state index in [9.17, 15) is 19.5 Å². The maximum atomic E-state index is 12.9. The van der Waals surface area contributed by atoms with Crippen LogP contribution in [0.1, 0.15) is 309 Å². The lowest BCUT2D eigenvalue weighted by Gasteiger charge is -2.26. The summed E-state index contributed by atoms with van der Waals surface area (Å²) in [5.41, 5.74) is 0. The third-order valence-electron chi connectivity index (χ3n) is 15.5. The third kappa shape index (κ3) is 69.3. The van der Waals surface area contributed by atoms with E-state index in [2.05, 4.69) is 123 Å². The Balaban J connectivity index is 4.11. The summed E-state index contributed by atoms with van der Waals surface area (Å²) in [5.74, 6) is -2.28. The monoisotopic (exact) mass is 1210 g/mol. The van der Waals surface area contributed by atoms with Gasteiger partial charge in [0.25, 0.3) is 0 Å². The number of esters is 2. The molecule has 0 aliphatic carbocycles. The van der Waals surface area contributed by atoms with E-state index in [1.807, 2.05) is 21.1 Å². The SMILES string of the molecule is CC/C=C\C/C=C\C/C=C\C/C=C\C/C=C\C/C=C\CCCCCCCCCCCCC(=O)OC(COC(=O)CCCCCCCCCCCCCCCCCCCC/C=C\C/C=C\C/C=C\CCCCCCC)COC(OCC[N+](C)(C)C)C(=O)[O-]. The molecular formula is C78H135NO8. The van der Waals surface area contributed by atoms with Crippen LogP contribution >= 0.6 is 0 Å². The highest BCUT2D eigenvalue weighted by atomic mass is 16.7. The number of ether oxygens (including phenoxy) is 4. The molecule has 0 spiro atoms. The van der Waals surface area contributed by atoms with Gasteiger partial charge in [0.15, 0.2) is 12.4 Å². The average Bonchev–Trinajstić information content (AvgIpc) is 3.57. The molecule has 0 heterocycles. The van der Waals surface area contributed by atoms with Gasteiger partial charge in [0, 0.05) is 12.8 Å². The van der Waals surface area contributed by atoms with Crippen LogP contribution in [0.2, 0.25) is 0 Å². The van der Waals surface area contributed by atoms with Gasteiger partial charge >= 0.3 is 11.9 Å². The van der Waals surface area contributed by atoms with Gasteiger partial charge in [0.1, 0.15) is 13.2 Å². The minimum Gasteiger partial charge on any atom is -0.545 e. The van der Waals surface area contributed by atoms with E-state index in [1.165, 1.54) is 180 Å². The van der Waals surface area contributed by atoms with Gasteiger partial charge < -0.3 is 33.3 Å². The Kier molecular flexibility index (Phi) is 64.7. The Morgan fingerprint density at radius 3 is 0.977 bits per heavy atom. The van der Waals surface area contributed by atoms with Crippen molar-refractivity contribution in [1.82, 2.24) is 0 Å². The summed E-state index contributed by atoms with van der Waals surface area (Å²) in [6.07, 6.45) is 91.7. The third-order valence-corrected chi connectivity index (χ3v) is 15.5. The van der Waals surface area contributed by atoms with Gasteiger partial charge in [-0.3, -0.25) is 9.59 Å². The molecular weight excluding hydrogens is 1080 g/mol. The molecule has 87 heavy (non-hydrogen) atoms. The second-order valence-corrected chi connectivity index (χ2v) is 25.1. The molecule has 0 aliphatic rings. The van der Waals surface area contributed by atoms with Crippen molar-refractivity contribution in [3.8, 4) is 0 Å². The van der Waals surface area contributed by atoms with Crippen LogP contribution in [0.5, 0.6) is 0 Å². The largest absolute Gasteiger partial charge is 0.545 e. The highest BCUT2D eigenvalue weighted by Crippen LogP contribution is 2.17. The fourth-order valence-electron chi connectivity index (χ4n) is 10.0. The Morgan fingerprint density at radius 1 is 0.356 bits per heavy atom. The van der Waals surface area contributed by atoms with Crippen LogP contribution in [0, 0.1) is 0 Å². The second kappa shape index (κ2) is 67.9. The molecule has 0 aromatic rings. The van der Waals surface area contributed by atoms with E-state index in [0.29, 0.717) is 17.4 Å². The van der Waals surface area contributed by atoms with Gasteiger partial charge in [-0.2, -0.15) is 0 Å². The Labute approximate surface area is 536 Å². The van der Waals surface area contributed by atoms with Gasteiger partial charge in [0.2, 0.25) is 0 Å². The number of rotatable bonds is 66. The van der Waals surface area contributed by atoms with Crippen molar-refractivity contribution in [1.29, 1.82) is 0 Å². The zero-order valence-corrected chi connectivity index (χ0v) is 57.1. The number of carbonyl (C=O) groups is 3. The number of carboxylic acid groups (broad SMARTS) is 1. The van der Waals surface area contributed by atoms with Crippen LogP contribution in [0.25, 0.3) is 0 Å². The molecule has 0 saturated carbocycles. The summed E-state index contributed by atoms with van der Waals surface area (Å²) >= 11 is 0. The minimum atomic E-state index is -1.63. The van der Waals surface area contributed by atoms with Gasteiger partial charge in [-0.05, 0) is 103 Å². The summed E-state index contributed by atoms with van der Waals surface area (Å²) in [7, 11) is 5.93. The lowest BCUT2D eigenvalue weighted by molar-refractivity contribution is -0.870. The molecule has 0 rings (SSSR count). The highest BCUT2D eigenvalue weighted by Gasteiger charge is 2.22. The van der Waals surface area contributed by atoms with E-state index in [-0.39, 0.29) is 38.6 Å². The van der Waals surface area contributed by atoms with Crippen LogP contribution in [0.4, 0.5) is 0 Å². The van der Waals surface area contributed by atoms with Gasteiger partial charge in [-0.25, -0.2) is 0 Å². The van der Waals surface area contributed by atoms with E-state index in [0.717, 1.165) is 96.3 Å². The molecule has 2 atom stereocenters. The van der Waals surface area contributed by atoms with E-state index in [4.69, 9.17) is 18.9 Å². The number of hydrogen-bond donors (Lipinski definition) is 0. The number of nitrogens with zero attached hydrogens (tertiary/aromatic N) is 1. The van der Waals surface area contributed by atoms with Crippen molar-refractivity contribution in [3.05, 3.63) is 109 Å². The molecule has 9 heteroatoms. The summed E-state index contributed by atoms with van der Waals surface area (Å²) in [4.78, 5) is 37.5. The Bertz CT molecular complexity index is 1800. The van der Waals surface area contributed by atoms with Crippen molar-refractivity contribution in [3.63, 3.8) is 0 Å². The van der Waals surface area contributed by atoms with Crippen LogP contribution in [-0.2, 0) is 33.3 Å². The minimum absolute atomic E-state index is 0.143. The van der Waals surface area contributed by atoms with Crippen LogP contribution < -0.4 is 5.11 Å². The molecule has 0 radical (unpaired) electrons. The number of likely N-dealkylation sites (N-methyl/N-ethyl adjacent to an activating group) is 1. The first kappa shape index (κ1) is 83.0. The van der Waals surface area contributed by atoms with E-state index >= 15 is 0 Å². The zero-order chi connectivity index (χ0) is 63.3. The second-order valence-electron chi connectivity index (χ2n) is 25.1. The Morgan fingerprint density at radius 2 is 0.655 bits per heavy atom. The molecule has 500 valence electrons. The molecule has 0 aromatic carbocycles. The average molecular weight is 1210 g/mol.